The third kappa shape index (κ3) is 21.7. The van der Waals surface area contributed by atoms with Crippen molar-refractivity contribution >= 4 is 174 Å². The van der Waals surface area contributed by atoms with Crippen LogP contribution in [-0.4, -0.2) is 205 Å². The van der Waals surface area contributed by atoms with Crippen molar-refractivity contribution in [2.75, 3.05) is 125 Å². The van der Waals surface area contributed by atoms with Crippen molar-refractivity contribution in [1.82, 2.24) is 45.0 Å². The van der Waals surface area contributed by atoms with Gasteiger partial charge >= 0.3 is 12.2 Å². The van der Waals surface area contributed by atoms with Crippen LogP contribution >= 0.6 is 81.4 Å². The second kappa shape index (κ2) is 39.8. The SMILES string of the molecule is CC(C)(C)OC(=O)N1CCN(c2ccc([N+](=O)[O-])cc2CO)CC1.CC1Oc2nc(Nc3ccc(N4CCN(C(=O)OC(C)(C)C)CC4)c(CO)c3)ncc2C(=O)N1c1c(Cl)cccc1Cl.CC1Oc2nc(Nc3ccc(N4CCNCC4)c(CO)c3)ncc2C(=O)N1c1c(Cl)cccc1Cl.CSc1ncc2c(n1)OC(C)N(c1c(Cl)cccc1Cl)C2=O. The van der Waals surface area contributed by atoms with Gasteiger partial charge in [0.2, 0.25) is 29.5 Å². The molecule has 3 saturated heterocycles. The zero-order chi connectivity index (χ0) is 88.5. The summed E-state index contributed by atoms with van der Waals surface area (Å²) in [6, 6.07) is 30.9. The molecule has 6 aliphatic heterocycles. The average molecular weight is 1820 g/mol. The van der Waals surface area contributed by atoms with Crippen molar-refractivity contribution in [3.8, 4) is 17.6 Å². The van der Waals surface area contributed by atoms with Crippen LogP contribution in [0.25, 0.3) is 0 Å². The number of hydrogen-bond acceptors (Lipinski definition) is 28. The molecule has 123 heavy (non-hydrogen) atoms. The number of rotatable bonds is 15. The van der Waals surface area contributed by atoms with Gasteiger partial charge in [-0.3, -0.25) is 39.2 Å². The Balaban J connectivity index is 0.000000155. The highest BCUT2D eigenvalue weighted by molar-refractivity contribution is 7.98. The molecule has 0 spiro atoms. The molecule has 3 unspecified atom stereocenters. The molecule has 40 heteroatoms. The van der Waals surface area contributed by atoms with E-state index < -0.39 is 34.8 Å². The molecule has 33 nitrogen and oxygen atoms in total. The molecule has 15 rings (SSSR count). The minimum absolute atomic E-state index is 0.0461. The molecule has 0 aliphatic carbocycles. The lowest BCUT2D eigenvalue weighted by molar-refractivity contribution is -0.384. The first-order chi connectivity index (χ1) is 58.6. The number of benzene rings is 6. The van der Waals surface area contributed by atoms with Crippen LogP contribution in [0, 0.1) is 10.1 Å². The number of amides is 5. The van der Waals surface area contributed by atoms with Crippen LogP contribution < -0.4 is 59.6 Å². The van der Waals surface area contributed by atoms with Crippen molar-refractivity contribution < 1.29 is 67.9 Å². The minimum Gasteiger partial charge on any atom is -0.453 e. The van der Waals surface area contributed by atoms with Gasteiger partial charge in [0.25, 0.3) is 23.4 Å². The molecular weight excluding hydrogens is 1730 g/mol. The summed E-state index contributed by atoms with van der Waals surface area (Å²) < 4.78 is 28.5. The Bertz CT molecular complexity index is 5370. The number of aliphatic hydroxyl groups is 3. The number of carbonyl (C=O) groups excluding carboxylic acids is 5. The van der Waals surface area contributed by atoms with E-state index in [0.717, 1.165) is 48.8 Å². The van der Waals surface area contributed by atoms with Crippen LogP contribution in [0.15, 0.2) is 133 Å². The van der Waals surface area contributed by atoms with E-state index in [9.17, 15) is 49.4 Å². The number of nitrogens with zero attached hydrogens (tertiary/aromatic N) is 15. The number of thioether (sulfide) groups is 1. The van der Waals surface area contributed by atoms with Gasteiger partial charge < -0.3 is 79.5 Å². The van der Waals surface area contributed by atoms with E-state index in [2.05, 4.69) is 55.7 Å². The maximum Gasteiger partial charge on any atom is 0.410 e. The quantitative estimate of drug-likeness (QED) is 0.0240. The fraction of sp³-hybridized carbons (Fsp3) is 0.361. The fourth-order valence-corrected chi connectivity index (χ4v) is 16.0. The molecule has 6 aliphatic rings. The van der Waals surface area contributed by atoms with Gasteiger partial charge in [-0.25, -0.2) is 24.5 Å². The predicted octanol–water partition coefficient (Wildman–Crippen LogP) is 15.3. The molecule has 3 fully saturated rings. The number of piperazine rings is 3. The Morgan fingerprint density at radius 1 is 0.496 bits per heavy atom. The molecule has 0 saturated carbocycles. The summed E-state index contributed by atoms with van der Waals surface area (Å²) in [7, 11) is 0. The second-order valence-electron chi connectivity index (χ2n) is 30.4. The van der Waals surface area contributed by atoms with Gasteiger partial charge in [0.1, 0.15) is 27.9 Å². The Kier molecular flexibility index (Phi) is 29.6. The van der Waals surface area contributed by atoms with Crippen molar-refractivity contribution in [2.45, 2.75) is 117 Å². The Hall–Kier alpha value is -10.8. The number of aliphatic hydroxyl groups excluding tert-OH is 3. The van der Waals surface area contributed by atoms with E-state index in [1.54, 1.807) is 91.2 Å². The van der Waals surface area contributed by atoms with E-state index in [4.69, 9.17) is 93.3 Å². The molecule has 6 N–H and O–H groups in total. The Morgan fingerprint density at radius 2 is 0.821 bits per heavy atom. The lowest BCUT2D eigenvalue weighted by atomic mass is 10.1. The minimum atomic E-state index is -0.721. The zero-order valence-electron chi connectivity index (χ0n) is 68.6. The fourth-order valence-electron chi connectivity index (χ4n) is 13.9. The summed E-state index contributed by atoms with van der Waals surface area (Å²) in [6.07, 6.45) is 3.47. The molecule has 0 radical (unpaired) electrons. The van der Waals surface area contributed by atoms with E-state index in [1.807, 2.05) is 89.1 Å². The first-order valence-corrected chi connectivity index (χ1v) is 42.4. The normalized spacial score (nSPS) is 16.9. The average Bonchev–Trinajstić information content (AvgIpc) is 0.771. The number of nitrogens with one attached hydrogen (secondary N) is 3. The van der Waals surface area contributed by atoms with Crippen LogP contribution in [-0.2, 0) is 29.3 Å². The van der Waals surface area contributed by atoms with E-state index in [1.165, 1.54) is 57.2 Å². The predicted molar refractivity (Wildman–Crippen MR) is 473 cm³/mol. The van der Waals surface area contributed by atoms with Crippen molar-refractivity contribution in [3.63, 3.8) is 0 Å². The monoisotopic (exact) mass is 1820 g/mol. The van der Waals surface area contributed by atoms with Gasteiger partial charge in [0.05, 0.1) is 71.9 Å². The van der Waals surface area contributed by atoms with Gasteiger partial charge in [-0.15, -0.1) is 0 Å². The molecule has 6 aromatic carbocycles. The molecule has 650 valence electrons. The van der Waals surface area contributed by atoms with Gasteiger partial charge in [0, 0.05) is 154 Å². The summed E-state index contributed by atoms with van der Waals surface area (Å²) in [5.41, 5.74) is 6.71. The van der Waals surface area contributed by atoms with Gasteiger partial charge in [-0.05, 0) is 147 Å². The first kappa shape index (κ1) is 91.4. The number of ether oxygens (including phenoxy) is 5. The third-order valence-electron chi connectivity index (χ3n) is 19.7. The number of hydrogen-bond donors (Lipinski definition) is 6. The highest BCUT2D eigenvalue weighted by Crippen LogP contribution is 2.44. The number of anilines is 10. The van der Waals surface area contributed by atoms with Crippen LogP contribution in [0.4, 0.5) is 72.7 Å². The van der Waals surface area contributed by atoms with E-state index in [0.29, 0.717) is 127 Å². The molecule has 5 amide bonds. The number of carbonyl (C=O) groups is 5. The summed E-state index contributed by atoms with van der Waals surface area (Å²) in [6.45, 7) is 23.6. The maximum absolute atomic E-state index is 13.4. The molecule has 9 heterocycles. The Morgan fingerprint density at radius 3 is 1.15 bits per heavy atom. The van der Waals surface area contributed by atoms with Crippen LogP contribution in [0.3, 0.4) is 0 Å². The van der Waals surface area contributed by atoms with Crippen LogP contribution in [0.5, 0.6) is 17.6 Å². The van der Waals surface area contributed by atoms with Crippen molar-refractivity contribution in [1.29, 1.82) is 0 Å². The van der Waals surface area contributed by atoms with Crippen molar-refractivity contribution in [3.05, 3.63) is 201 Å². The van der Waals surface area contributed by atoms with Crippen LogP contribution in [0.1, 0.15) is 110 Å². The highest BCUT2D eigenvalue weighted by atomic mass is 35.5. The summed E-state index contributed by atoms with van der Waals surface area (Å²) in [5, 5.41) is 52.6. The molecule has 9 aromatic rings. The number of nitro groups is 1. The summed E-state index contributed by atoms with van der Waals surface area (Å²) in [4.78, 5) is 114. The van der Waals surface area contributed by atoms with Gasteiger partial charge in [0.15, 0.2) is 23.8 Å². The summed E-state index contributed by atoms with van der Waals surface area (Å²) in [5.74, 6) is 0.0258. The standard InChI is InChI=1S/C29H32Cl2N6O5.C24H24Cl2N6O3.C16H23N3O5.C14H11Cl2N3O2S/c1-17-37(24-21(30)6-5-7-22(24)31)26(39)20-15-32-27(34-25(20)41-17)33-19-8-9-23(18(14-19)16-38)35-10-12-36(13-11-35)28(40)42-29(2,3)4;1-14-32(21-18(25)3-2-4-19(21)26)23(34)17-12-28-24(30-22(17)35-14)29-16-5-6-20(15(11-16)13-33)31-9-7-27-8-10-31;1-16(2,3)24-15(21)18-8-6-17(7-9-18)14-5-4-13(19(22)23)10-12(14)11-20;1-7-19(11-9(15)4-3-5-10(11)16)13(20)8-6-17-14(22-2)18-12(8)21-7/h5-9,14-15,17,38H,10-13,16H2,1-4H3,(H,32,33,34);2-6,11-12,14,27,33H,7-10,13H2,1H3,(H,28,29,30);4-5,10,20H,6-9,11H2,1-3H3;3-7H,1-2H3. The van der Waals surface area contributed by atoms with E-state index in [-0.39, 0.29) is 102 Å². The molecule has 0 bridgehead atoms. The largest absolute Gasteiger partial charge is 0.453 e. The zero-order valence-corrected chi connectivity index (χ0v) is 73.9. The first-order valence-electron chi connectivity index (χ1n) is 38.9. The topological polar surface area (TPSA) is 375 Å². The number of non-ortho nitro benzene ring substituents is 1. The maximum atomic E-state index is 13.4. The van der Waals surface area contributed by atoms with E-state index >= 15 is 0 Å². The Labute approximate surface area is 743 Å². The number of halogens is 6. The highest BCUT2D eigenvalue weighted by Gasteiger charge is 2.41. The van der Waals surface area contributed by atoms with Crippen LogP contribution in [0.2, 0.25) is 30.1 Å². The smallest absolute Gasteiger partial charge is 0.410 e. The lowest BCUT2D eigenvalue weighted by Gasteiger charge is -2.37. The molecule has 3 aromatic heterocycles. The number of para-hydroxylation sites is 3. The lowest BCUT2D eigenvalue weighted by Crippen LogP contribution is -2.50. The number of nitro benzene ring substituents is 1. The third-order valence-corrected chi connectivity index (χ3v) is 22.1. The molecular formula is C83H90Cl6N18O15S. The number of aromatic nitrogens is 6. The van der Waals surface area contributed by atoms with Crippen molar-refractivity contribution in [2.24, 2.45) is 0 Å². The number of fused-ring (bicyclic) bond motifs is 3. The molecule has 3 atom stereocenters. The van der Waals surface area contributed by atoms with Gasteiger partial charge in [-0.2, -0.15) is 15.0 Å². The second-order valence-corrected chi connectivity index (χ2v) is 33.6. The summed E-state index contributed by atoms with van der Waals surface area (Å²) >= 11 is 39.1. The van der Waals surface area contributed by atoms with Gasteiger partial charge in [-0.1, -0.05) is 99.6 Å².